The van der Waals surface area contributed by atoms with Gasteiger partial charge in [-0.05, 0) is 42.0 Å². The van der Waals surface area contributed by atoms with Crippen LogP contribution in [0.5, 0.6) is 5.75 Å². The molecule has 2 aromatic carbocycles. The molecule has 0 saturated carbocycles. The van der Waals surface area contributed by atoms with Gasteiger partial charge in [-0.25, -0.2) is 13.2 Å². The highest BCUT2D eigenvalue weighted by Gasteiger charge is 2.20. The van der Waals surface area contributed by atoms with Crippen LogP contribution in [-0.4, -0.2) is 24.1 Å². The minimum atomic E-state index is -3.97. The van der Waals surface area contributed by atoms with Gasteiger partial charge in [0, 0.05) is 17.4 Å². The first-order chi connectivity index (χ1) is 11.9. The molecule has 130 valence electrons. The van der Waals surface area contributed by atoms with Crippen LogP contribution in [0, 0.1) is 0 Å². The van der Waals surface area contributed by atoms with Gasteiger partial charge in [0.15, 0.2) is 0 Å². The van der Waals surface area contributed by atoms with Crippen LogP contribution in [0.3, 0.4) is 0 Å². The number of hydrogen-bond donors (Lipinski definition) is 0. The fourth-order valence-corrected chi connectivity index (χ4v) is 3.70. The molecule has 0 amide bonds. The number of rotatable bonds is 5. The zero-order chi connectivity index (χ0) is 18.0. The SMILES string of the molecule is COc1ccc(S(=O)(=O)n2ccn(Cc3ccc(Cl)cc3)c2=O)cc1. The number of nitrogens with zero attached hydrogens (tertiary/aromatic N) is 2. The van der Waals surface area contributed by atoms with Crippen LogP contribution in [0.4, 0.5) is 0 Å². The second kappa shape index (κ2) is 6.78. The van der Waals surface area contributed by atoms with E-state index in [9.17, 15) is 13.2 Å². The molecule has 0 aliphatic rings. The summed E-state index contributed by atoms with van der Waals surface area (Å²) in [6.07, 6.45) is 2.69. The number of ether oxygens (including phenoxy) is 1. The maximum atomic E-state index is 12.7. The van der Waals surface area contributed by atoms with Gasteiger partial charge in [0.1, 0.15) is 5.75 Å². The van der Waals surface area contributed by atoms with E-state index in [4.69, 9.17) is 16.3 Å². The van der Waals surface area contributed by atoms with Crippen molar-refractivity contribution in [2.75, 3.05) is 7.11 Å². The minimum Gasteiger partial charge on any atom is -0.497 e. The molecule has 3 aromatic rings. The van der Waals surface area contributed by atoms with Crippen molar-refractivity contribution in [3.8, 4) is 5.75 Å². The van der Waals surface area contributed by atoms with Gasteiger partial charge in [-0.1, -0.05) is 23.7 Å². The van der Waals surface area contributed by atoms with Crippen molar-refractivity contribution < 1.29 is 13.2 Å². The highest BCUT2D eigenvalue weighted by Crippen LogP contribution is 2.17. The van der Waals surface area contributed by atoms with Gasteiger partial charge >= 0.3 is 5.69 Å². The summed E-state index contributed by atoms with van der Waals surface area (Å²) in [5.41, 5.74) is 0.205. The first-order valence-electron chi connectivity index (χ1n) is 7.33. The summed E-state index contributed by atoms with van der Waals surface area (Å²) < 4.78 is 32.4. The third-order valence-corrected chi connectivity index (χ3v) is 5.61. The molecule has 1 heterocycles. The van der Waals surface area contributed by atoms with E-state index in [0.29, 0.717) is 10.8 Å². The van der Waals surface area contributed by atoms with Gasteiger partial charge in [0.25, 0.3) is 10.0 Å². The van der Waals surface area contributed by atoms with Crippen molar-refractivity contribution >= 4 is 21.6 Å². The maximum absolute atomic E-state index is 12.7. The lowest BCUT2D eigenvalue weighted by Gasteiger charge is -2.06. The topological polar surface area (TPSA) is 70.3 Å². The van der Waals surface area contributed by atoms with Gasteiger partial charge in [0.2, 0.25) is 0 Å². The normalized spacial score (nSPS) is 11.4. The quantitative estimate of drug-likeness (QED) is 0.684. The Bertz CT molecular complexity index is 1040. The number of benzene rings is 2. The van der Waals surface area contributed by atoms with E-state index in [1.807, 2.05) is 0 Å². The fourth-order valence-electron chi connectivity index (χ4n) is 2.35. The Morgan fingerprint density at radius 3 is 2.24 bits per heavy atom. The third kappa shape index (κ3) is 3.47. The smallest absolute Gasteiger partial charge is 0.342 e. The first-order valence-corrected chi connectivity index (χ1v) is 9.15. The fraction of sp³-hybridized carbons (Fsp3) is 0.118. The van der Waals surface area contributed by atoms with Crippen LogP contribution < -0.4 is 10.4 Å². The molecular formula is C17H15ClN2O4S. The summed E-state index contributed by atoms with van der Waals surface area (Å²) in [6.45, 7) is 0.251. The lowest BCUT2D eigenvalue weighted by Crippen LogP contribution is -2.29. The average molecular weight is 379 g/mol. The maximum Gasteiger partial charge on any atom is 0.342 e. The zero-order valence-corrected chi connectivity index (χ0v) is 14.9. The molecule has 8 heteroatoms. The van der Waals surface area contributed by atoms with Crippen LogP contribution >= 0.6 is 11.6 Å². The Kier molecular flexibility index (Phi) is 4.69. The molecule has 0 spiro atoms. The monoisotopic (exact) mass is 378 g/mol. The molecule has 0 unspecified atom stereocenters. The Balaban J connectivity index is 1.93. The lowest BCUT2D eigenvalue weighted by molar-refractivity contribution is 0.414. The standard InChI is InChI=1S/C17H15ClN2O4S/c1-24-15-6-8-16(9-7-15)25(22,23)20-11-10-19(17(20)21)12-13-2-4-14(18)5-3-13/h2-11H,12H2,1H3. The molecule has 0 bridgehead atoms. The van der Waals surface area contributed by atoms with E-state index in [1.54, 1.807) is 24.3 Å². The second-order valence-electron chi connectivity index (χ2n) is 5.31. The molecule has 0 fully saturated rings. The van der Waals surface area contributed by atoms with Crippen LogP contribution in [0.1, 0.15) is 5.56 Å². The molecule has 0 aliphatic carbocycles. The number of aromatic nitrogens is 2. The zero-order valence-electron chi connectivity index (χ0n) is 13.3. The molecule has 1 aromatic heterocycles. The minimum absolute atomic E-state index is 0.0136. The largest absolute Gasteiger partial charge is 0.497 e. The van der Waals surface area contributed by atoms with E-state index in [0.717, 1.165) is 9.54 Å². The van der Waals surface area contributed by atoms with Crippen molar-refractivity contribution in [1.82, 2.24) is 8.54 Å². The van der Waals surface area contributed by atoms with Crippen molar-refractivity contribution in [2.45, 2.75) is 11.4 Å². The van der Waals surface area contributed by atoms with Gasteiger partial charge in [-0.15, -0.1) is 0 Å². The average Bonchev–Trinajstić information content (AvgIpc) is 2.98. The van der Waals surface area contributed by atoms with Gasteiger partial charge in [-0.3, -0.25) is 4.57 Å². The van der Waals surface area contributed by atoms with Crippen molar-refractivity contribution in [1.29, 1.82) is 0 Å². The van der Waals surface area contributed by atoms with Crippen molar-refractivity contribution in [2.24, 2.45) is 0 Å². The summed E-state index contributed by atoms with van der Waals surface area (Å²) in [4.78, 5) is 12.5. The lowest BCUT2D eigenvalue weighted by atomic mass is 10.2. The molecule has 0 saturated heterocycles. The van der Waals surface area contributed by atoms with E-state index >= 15 is 0 Å². The molecule has 6 nitrogen and oxygen atoms in total. The molecule has 0 aliphatic heterocycles. The number of methoxy groups -OCH3 is 1. The van der Waals surface area contributed by atoms with Crippen LogP contribution in [-0.2, 0) is 16.6 Å². The predicted molar refractivity (Wildman–Crippen MR) is 94.8 cm³/mol. The highest BCUT2D eigenvalue weighted by molar-refractivity contribution is 7.90. The van der Waals surface area contributed by atoms with Gasteiger partial charge < -0.3 is 4.74 Å². The molecular weight excluding hydrogens is 364 g/mol. The predicted octanol–water partition coefficient (Wildman–Crippen LogP) is 2.60. The van der Waals surface area contributed by atoms with Gasteiger partial charge in [-0.2, -0.15) is 3.97 Å². The Labute approximate surface area is 149 Å². The molecule has 0 radical (unpaired) electrons. The molecule has 0 N–H and O–H groups in total. The van der Waals surface area contributed by atoms with Crippen molar-refractivity contribution in [3.05, 3.63) is 82.0 Å². The van der Waals surface area contributed by atoms with Crippen molar-refractivity contribution in [3.63, 3.8) is 0 Å². The number of imidazole rings is 1. The van der Waals surface area contributed by atoms with Crippen LogP contribution in [0.25, 0.3) is 0 Å². The molecule has 0 atom stereocenters. The summed E-state index contributed by atoms with van der Waals surface area (Å²) in [5.74, 6) is 0.534. The van der Waals surface area contributed by atoms with E-state index in [2.05, 4.69) is 0 Å². The summed E-state index contributed by atoms with van der Waals surface area (Å²) in [5, 5.41) is 0.593. The number of hydrogen-bond acceptors (Lipinski definition) is 4. The third-order valence-electron chi connectivity index (χ3n) is 3.70. The number of halogens is 1. The summed E-state index contributed by atoms with van der Waals surface area (Å²) in [7, 11) is -2.48. The molecule has 25 heavy (non-hydrogen) atoms. The van der Waals surface area contributed by atoms with E-state index in [-0.39, 0.29) is 11.4 Å². The highest BCUT2D eigenvalue weighted by atomic mass is 35.5. The van der Waals surface area contributed by atoms with Gasteiger partial charge in [0.05, 0.1) is 18.6 Å². The molecule has 3 rings (SSSR count). The summed E-state index contributed by atoms with van der Waals surface area (Å²) >= 11 is 5.84. The summed E-state index contributed by atoms with van der Waals surface area (Å²) in [6, 6.07) is 12.9. The second-order valence-corrected chi connectivity index (χ2v) is 7.56. The Hall–Kier alpha value is -2.51. The first kappa shape index (κ1) is 17.3. The van der Waals surface area contributed by atoms with Crippen LogP contribution in [0.2, 0.25) is 5.02 Å². The van der Waals surface area contributed by atoms with E-state index < -0.39 is 15.7 Å². The Morgan fingerprint density at radius 2 is 1.64 bits per heavy atom. The Morgan fingerprint density at radius 1 is 1.00 bits per heavy atom. The van der Waals surface area contributed by atoms with Crippen LogP contribution in [0.15, 0.2) is 70.6 Å². The van der Waals surface area contributed by atoms with E-state index in [1.165, 1.54) is 48.3 Å².